The molecule has 0 saturated heterocycles. The predicted molar refractivity (Wildman–Crippen MR) is 54.1 cm³/mol. The van der Waals surface area contributed by atoms with Crippen LogP contribution in [0.25, 0.3) is 10.1 Å². The smallest absolute Gasteiger partial charge is 0.121 e. The standard InChI is InChI=1S/C10H10O2S/c1-6-5-13-9-3-2-8(12)7(4-11)10(6)9/h2-3,5,11-12H,4H2,1H3. The summed E-state index contributed by atoms with van der Waals surface area (Å²) in [5.74, 6) is 0.177. The minimum Gasteiger partial charge on any atom is -0.508 e. The average molecular weight is 194 g/mol. The first kappa shape index (κ1) is 8.53. The number of fused-ring (bicyclic) bond motifs is 1. The Labute approximate surface area is 80.1 Å². The first-order valence-electron chi connectivity index (χ1n) is 4.03. The van der Waals surface area contributed by atoms with Crippen LogP contribution in [0.3, 0.4) is 0 Å². The number of hydrogen-bond acceptors (Lipinski definition) is 3. The fourth-order valence-corrected chi connectivity index (χ4v) is 2.49. The summed E-state index contributed by atoms with van der Waals surface area (Å²) in [5, 5.41) is 21.6. The Morgan fingerprint density at radius 1 is 1.38 bits per heavy atom. The van der Waals surface area contributed by atoms with Gasteiger partial charge in [0.15, 0.2) is 0 Å². The summed E-state index contributed by atoms with van der Waals surface area (Å²) in [7, 11) is 0. The zero-order valence-corrected chi connectivity index (χ0v) is 8.06. The second kappa shape index (κ2) is 3.01. The maximum atomic E-state index is 9.50. The van der Waals surface area contributed by atoms with Crippen LogP contribution in [0.5, 0.6) is 5.75 Å². The summed E-state index contributed by atoms with van der Waals surface area (Å²) in [5.41, 5.74) is 1.75. The number of phenols is 1. The van der Waals surface area contributed by atoms with Gasteiger partial charge in [-0.1, -0.05) is 0 Å². The van der Waals surface area contributed by atoms with E-state index in [2.05, 4.69) is 0 Å². The predicted octanol–water partition coefficient (Wildman–Crippen LogP) is 2.41. The molecule has 0 saturated carbocycles. The third kappa shape index (κ3) is 1.20. The van der Waals surface area contributed by atoms with E-state index in [1.165, 1.54) is 0 Å². The van der Waals surface area contributed by atoms with Gasteiger partial charge in [0, 0.05) is 15.6 Å². The molecular weight excluding hydrogens is 184 g/mol. The van der Waals surface area contributed by atoms with Crippen LogP contribution in [0.4, 0.5) is 0 Å². The van der Waals surface area contributed by atoms with E-state index >= 15 is 0 Å². The van der Waals surface area contributed by atoms with Crippen LogP contribution >= 0.6 is 11.3 Å². The van der Waals surface area contributed by atoms with Crippen molar-refractivity contribution in [2.45, 2.75) is 13.5 Å². The largest absolute Gasteiger partial charge is 0.508 e. The molecule has 3 heteroatoms. The van der Waals surface area contributed by atoms with Crippen molar-refractivity contribution in [2.24, 2.45) is 0 Å². The Morgan fingerprint density at radius 2 is 2.15 bits per heavy atom. The lowest BCUT2D eigenvalue weighted by molar-refractivity contribution is 0.277. The van der Waals surface area contributed by atoms with Crippen LogP contribution in [-0.4, -0.2) is 10.2 Å². The molecule has 0 aliphatic heterocycles. The lowest BCUT2D eigenvalue weighted by Crippen LogP contribution is -1.85. The fourth-order valence-electron chi connectivity index (χ4n) is 1.52. The van der Waals surface area contributed by atoms with E-state index in [4.69, 9.17) is 5.11 Å². The monoisotopic (exact) mass is 194 g/mol. The van der Waals surface area contributed by atoms with Gasteiger partial charge in [-0.15, -0.1) is 11.3 Å². The van der Waals surface area contributed by atoms with E-state index in [-0.39, 0.29) is 12.4 Å². The van der Waals surface area contributed by atoms with E-state index in [1.54, 1.807) is 17.4 Å². The van der Waals surface area contributed by atoms with E-state index in [0.29, 0.717) is 5.56 Å². The van der Waals surface area contributed by atoms with E-state index in [9.17, 15) is 5.11 Å². The molecule has 0 radical (unpaired) electrons. The molecule has 0 aliphatic rings. The molecule has 1 aromatic heterocycles. The zero-order chi connectivity index (χ0) is 9.42. The second-order valence-corrected chi connectivity index (χ2v) is 3.92. The minimum atomic E-state index is -0.110. The van der Waals surface area contributed by atoms with Gasteiger partial charge in [-0.05, 0) is 30.0 Å². The van der Waals surface area contributed by atoms with Gasteiger partial charge in [-0.25, -0.2) is 0 Å². The van der Waals surface area contributed by atoms with Gasteiger partial charge in [0.05, 0.1) is 6.61 Å². The lowest BCUT2D eigenvalue weighted by Gasteiger charge is -2.03. The average Bonchev–Trinajstić information content (AvgIpc) is 2.49. The van der Waals surface area contributed by atoms with Gasteiger partial charge in [0.25, 0.3) is 0 Å². The van der Waals surface area contributed by atoms with Crippen LogP contribution in [0, 0.1) is 6.92 Å². The van der Waals surface area contributed by atoms with Crippen LogP contribution < -0.4 is 0 Å². The van der Waals surface area contributed by atoms with Crippen LogP contribution in [-0.2, 0) is 6.61 Å². The Balaban J connectivity index is 2.88. The van der Waals surface area contributed by atoms with Gasteiger partial charge in [-0.2, -0.15) is 0 Å². The molecule has 0 bridgehead atoms. The number of aliphatic hydroxyl groups excluding tert-OH is 1. The van der Waals surface area contributed by atoms with Crippen molar-refractivity contribution in [1.29, 1.82) is 0 Å². The lowest BCUT2D eigenvalue weighted by atomic mass is 10.1. The SMILES string of the molecule is Cc1csc2ccc(O)c(CO)c12. The van der Waals surface area contributed by atoms with E-state index in [0.717, 1.165) is 15.6 Å². The summed E-state index contributed by atoms with van der Waals surface area (Å²) in [6.07, 6.45) is 0. The molecular formula is C10H10O2S. The van der Waals surface area contributed by atoms with Gasteiger partial charge < -0.3 is 10.2 Å². The van der Waals surface area contributed by atoms with Gasteiger partial charge in [0.2, 0.25) is 0 Å². The molecule has 0 unspecified atom stereocenters. The van der Waals surface area contributed by atoms with Crippen LogP contribution in [0.15, 0.2) is 17.5 Å². The number of benzene rings is 1. The van der Waals surface area contributed by atoms with Gasteiger partial charge >= 0.3 is 0 Å². The summed E-state index contributed by atoms with van der Waals surface area (Å²) >= 11 is 1.63. The normalized spacial score (nSPS) is 10.9. The Morgan fingerprint density at radius 3 is 2.85 bits per heavy atom. The summed E-state index contributed by atoms with van der Waals surface area (Å²) < 4.78 is 1.11. The molecule has 0 fully saturated rings. The fraction of sp³-hybridized carbons (Fsp3) is 0.200. The summed E-state index contributed by atoms with van der Waals surface area (Å²) in [4.78, 5) is 0. The molecule has 68 valence electrons. The molecule has 0 aliphatic carbocycles. The minimum absolute atomic E-state index is 0.110. The van der Waals surface area contributed by atoms with Crippen LogP contribution in [0.2, 0.25) is 0 Å². The zero-order valence-electron chi connectivity index (χ0n) is 7.24. The number of thiophene rings is 1. The van der Waals surface area contributed by atoms with E-state index < -0.39 is 0 Å². The van der Waals surface area contributed by atoms with Crippen molar-refractivity contribution in [2.75, 3.05) is 0 Å². The van der Waals surface area contributed by atoms with Gasteiger partial charge in [-0.3, -0.25) is 0 Å². The Hall–Kier alpha value is -1.06. The van der Waals surface area contributed by atoms with Crippen LogP contribution in [0.1, 0.15) is 11.1 Å². The third-order valence-electron chi connectivity index (χ3n) is 2.17. The molecule has 1 heterocycles. The van der Waals surface area contributed by atoms with Crippen molar-refractivity contribution in [3.63, 3.8) is 0 Å². The molecule has 0 spiro atoms. The first-order valence-corrected chi connectivity index (χ1v) is 4.91. The second-order valence-electron chi connectivity index (χ2n) is 3.01. The van der Waals surface area contributed by atoms with Crippen molar-refractivity contribution in [3.8, 4) is 5.75 Å². The van der Waals surface area contributed by atoms with Gasteiger partial charge in [0.1, 0.15) is 5.75 Å². The maximum Gasteiger partial charge on any atom is 0.121 e. The molecule has 2 nitrogen and oxygen atoms in total. The van der Waals surface area contributed by atoms with E-state index in [1.807, 2.05) is 18.4 Å². The van der Waals surface area contributed by atoms with Crippen molar-refractivity contribution in [1.82, 2.24) is 0 Å². The maximum absolute atomic E-state index is 9.50. The van der Waals surface area contributed by atoms with Crippen molar-refractivity contribution >= 4 is 21.4 Å². The molecule has 0 atom stereocenters. The third-order valence-corrected chi connectivity index (χ3v) is 3.23. The molecule has 0 amide bonds. The molecule has 1 aromatic carbocycles. The quantitative estimate of drug-likeness (QED) is 0.731. The first-order chi connectivity index (χ1) is 6.24. The molecule has 2 N–H and O–H groups in total. The highest BCUT2D eigenvalue weighted by Crippen LogP contribution is 2.33. The van der Waals surface area contributed by atoms with Crippen molar-refractivity contribution in [3.05, 3.63) is 28.6 Å². The number of aryl methyl sites for hydroxylation is 1. The Kier molecular flexibility index (Phi) is 1.98. The highest BCUT2D eigenvalue weighted by Gasteiger charge is 2.09. The van der Waals surface area contributed by atoms with Crippen molar-refractivity contribution < 1.29 is 10.2 Å². The number of rotatable bonds is 1. The highest BCUT2D eigenvalue weighted by molar-refractivity contribution is 7.17. The molecule has 13 heavy (non-hydrogen) atoms. The highest BCUT2D eigenvalue weighted by atomic mass is 32.1. The number of aliphatic hydroxyl groups is 1. The summed E-state index contributed by atoms with van der Waals surface area (Å²) in [6.45, 7) is 1.87. The molecule has 2 aromatic rings. The Bertz CT molecular complexity index is 445. The number of hydrogen-bond donors (Lipinski definition) is 2. The topological polar surface area (TPSA) is 40.5 Å². The molecule has 2 rings (SSSR count). The number of aromatic hydroxyl groups is 1. The summed E-state index contributed by atoms with van der Waals surface area (Å²) in [6, 6.07) is 3.51.